The molecule has 0 saturated carbocycles. The number of nitrogens with zero attached hydrogens (tertiary/aromatic N) is 1. The van der Waals surface area contributed by atoms with Crippen LogP contribution in [0.5, 0.6) is 0 Å². The molecule has 0 aliphatic heterocycles. The summed E-state index contributed by atoms with van der Waals surface area (Å²) in [7, 11) is 4.55. The Morgan fingerprint density at radius 3 is 2.00 bits per heavy atom. The number of carbonyl (C=O) groups is 2. The summed E-state index contributed by atoms with van der Waals surface area (Å²) in [5.41, 5.74) is 4.70. The van der Waals surface area contributed by atoms with E-state index in [1.54, 1.807) is 0 Å². The molecule has 0 N–H and O–H groups in total. The number of fused-ring (bicyclic) bond motifs is 1. The minimum absolute atomic E-state index is 0.192. The highest BCUT2D eigenvalue weighted by atomic mass is 16.5. The Balaban J connectivity index is 1.95. The molecule has 5 heteroatoms. The van der Waals surface area contributed by atoms with E-state index in [4.69, 9.17) is 9.47 Å². The van der Waals surface area contributed by atoms with Gasteiger partial charge in [-0.25, -0.2) is 0 Å². The van der Waals surface area contributed by atoms with Gasteiger partial charge in [-0.1, -0.05) is 72.7 Å². The maximum absolute atomic E-state index is 12.6. The summed E-state index contributed by atoms with van der Waals surface area (Å²) in [6, 6.07) is 27.7. The number of carbonyl (C=O) groups excluding carboxylic acids is 2. The number of esters is 2. The highest BCUT2D eigenvalue weighted by molar-refractivity contribution is 5.95. The number of para-hydroxylation sites is 1. The summed E-state index contributed by atoms with van der Waals surface area (Å²) < 4.78 is 12.0. The lowest BCUT2D eigenvalue weighted by molar-refractivity contribution is -0.159. The number of hydrogen-bond acceptors (Lipinski definition) is 4. The number of methoxy groups -OCH3 is 2. The highest BCUT2D eigenvalue weighted by Gasteiger charge is 2.35. The summed E-state index contributed by atoms with van der Waals surface area (Å²) in [5.74, 6) is 4.06. The van der Waals surface area contributed by atoms with E-state index >= 15 is 0 Å². The van der Waals surface area contributed by atoms with E-state index in [0.717, 1.165) is 33.3 Å². The minimum atomic E-state index is -1.07. The maximum Gasteiger partial charge on any atom is 0.320 e. The number of benzene rings is 3. The van der Waals surface area contributed by atoms with Gasteiger partial charge in [-0.05, 0) is 36.1 Å². The first-order valence-electron chi connectivity index (χ1n) is 11.4. The molecule has 3 aromatic carbocycles. The van der Waals surface area contributed by atoms with E-state index in [-0.39, 0.29) is 12.3 Å². The van der Waals surface area contributed by atoms with Gasteiger partial charge in [-0.15, -0.1) is 0 Å². The number of rotatable bonds is 6. The van der Waals surface area contributed by atoms with Crippen molar-refractivity contribution in [3.63, 3.8) is 0 Å². The standard InChI is InChI=1S/C30H27NO4/c1-31-26-17-11-10-16-23(26)28(27(31)19-18-21-12-6-4-7-13-21)24(22-14-8-5-9-15-22)20-25(29(32)34-2)30(33)35-3/h4-17,24-25H,20H2,1-3H3. The number of aromatic nitrogens is 1. The normalized spacial score (nSPS) is 11.5. The fourth-order valence-electron chi connectivity index (χ4n) is 4.49. The minimum Gasteiger partial charge on any atom is -0.468 e. The Bertz CT molecular complexity index is 1380. The second-order valence-corrected chi connectivity index (χ2v) is 8.25. The van der Waals surface area contributed by atoms with Crippen LogP contribution >= 0.6 is 0 Å². The lowest BCUT2D eigenvalue weighted by atomic mass is 9.82. The van der Waals surface area contributed by atoms with Crippen LogP contribution in [-0.4, -0.2) is 30.7 Å². The van der Waals surface area contributed by atoms with Crippen molar-refractivity contribution in [3.05, 3.63) is 107 Å². The Labute approximate surface area is 205 Å². The van der Waals surface area contributed by atoms with Crippen molar-refractivity contribution in [2.75, 3.05) is 14.2 Å². The summed E-state index contributed by atoms with van der Waals surface area (Å²) in [6.45, 7) is 0. The molecule has 0 aliphatic carbocycles. The summed E-state index contributed by atoms with van der Waals surface area (Å²) >= 11 is 0. The number of ether oxygens (including phenoxy) is 2. The van der Waals surface area contributed by atoms with Crippen molar-refractivity contribution in [2.24, 2.45) is 13.0 Å². The smallest absolute Gasteiger partial charge is 0.320 e. The van der Waals surface area contributed by atoms with E-state index in [9.17, 15) is 9.59 Å². The van der Waals surface area contributed by atoms with Crippen molar-refractivity contribution in [1.29, 1.82) is 0 Å². The van der Waals surface area contributed by atoms with Crippen molar-refractivity contribution >= 4 is 22.8 Å². The topological polar surface area (TPSA) is 57.5 Å². The average Bonchev–Trinajstić information content (AvgIpc) is 3.19. The van der Waals surface area contributed by atoms with Crippen LogP contribution < -0.4 is 0 Å². The summed E-state index contributed by atoms with van der Waals surface area (Å²) in [5, 5.41) is 1.02. The molecule has 0 spiro atoms. The van der Waals surface area contributed by atoms with Gasteiger partial charge >= 0.3 is 11.9 Å². The van der Waals surface area contributed by atoms with Crippen LogP contribution in [0.4, 0.5) is 0 Å². The molecule has 0 aliphatic rings. The molecule has 4 aromatic rings. The largest absolute Gasteiger partial charge is 0.468 e. The van der Waals surface area contributed by atoms with Gasteiger partial charge < -0.3 is 14.0 Å². The Hall–Kier alpha value is -4.30. The van der Waals surface area contributed by atoms with E-state index in [1.165, 1.54) is 14.2 Å². The Morgan fingerprint density at radius 1 is 0.800 bits per heavy atom. The zero-order valence-electron chi connectivity index (χ0n) is 20.0. The van der Waals surface area contributed by atoms with Gasteiger partial charge in [-0.2, -0.15) is 0 Å². The molecule has 0 amide bonds. The molecule has 5 nitrogen and oxygen atoms in total. The van der Waals surface area contributed by atoms with E-state index in [1.807, 2.05) is 85.9 Å². The SMILES string of the molecule is COC(=O)C(CC(c1ccccc1)c1c(C#Cc2ccccc2)n(C)c2ccccc12)C(=O)OC. The Kier molecular flexibility index (Phi) is 7.32. The van der Waals surface area contributed by atoms with Gasteiger partial charge in [-0.3, -0.25) is 9.59 Å². The molecule has 4 rings (SSSR count). The average molecular weight is 466 g/mol. The fraction of sp³-hybridized carbons (Fsp3) is 0.200. The quantitative estimate of drug-likeness (QED) is 0.227. The molecule has 0 fully saturated rings. The van der Waals surface area contributed by atoms with Crippen LogP contribution in [0.1, 0.15) is 34.7 Å². The molecular weight excluding hydrogens is 438 g/mol. The van der Waals surface area contributed by atoms with Crippen molar-refractivity contribution in [2.45, 2.75) is 12.3 Å². The van der Waals surface area contributed by atoms with Gasteiger partial charge in [0.15, 0.2) is 5.92 Å². The summed E-state index contributed by atoms with van der Waals surface area (Å²) in [4.78, 5) is 25.2. The van der Waals surface area contributed by atoms with E-state index in [0.29, 0.717) is 0 Å². The van der Waals surface area contributed by atoms with E-state index in [2.05, 4.69) is 22.5 Å². The first-order chi connectivity index (χ1) is 17.0. The van der Waals surface area contributed by atoms with Crippen molar-refractivity contribution in [3.8, 4) is 11.8 Å². The lowest BCUT2D eigenvalue weighted by Crippen LogP contribution is -2.28. The second kappa shape index (κ2) is 10.8. The number of aryl methyl sites for hydroxylation is 1. The van der Waals surface area contributed by atoms with Gasteiger partial charge in [0.2, 0.25) is 0 Å². The maximum atomic E-state index is 12.6. The zero-order chi connectivity index (χ0) is 24.8. The van der Waals surface area contributed by atoms with Crippen molar-refractivity contribution < 1.29 is 19.1 Å². The molecule has 1 unspecified atom stereocenters. The Morgan fingerprint density at radius 2 is 1.37 bits per heavy atom. The van der Waals surface area contributed by atoms with Crippen LogP contribution in [0.2, 0.25) is 0 Å². The summed E-state index contributed by atoms with van der Waals surface area (Å²) in [6.07, 6.45) is 0.192. The lowest BCUT2D eigenvalue weighted by Gasteiger charge is -2.22. The molecule has 176 valence electrons. The third kappa shape index (κ3) is 4.97. The zero-order valence-corrected chi connectivity index (χ0v) is 20.0. The fourth-order valence-corrected chi connectivity index (χ4v) is 4.49. The predicted octanol–water partition coefficient (Wildman–Crippen LogP) is 5.06. The third-order valence-corrected chi connectivity index (χ3v) is 6.24. The first-order valence-corrected chi connectivity index (χ1v) is 11.4. The van der Waals surface area contributed by atoms with Crippen LogP contribution in [0.15, 0.2) is 84.9 Å². The van der Waals surface area contributed by atoms with Crippen molar-refractivity contribution in [1.82, 2.24) is 4.57 Å². The van der Waals surface area contributed by atoms with Gasteiger partial charge in [0.1, 0.15) is 0 Å². The van der Waals surface area contributed by atoms with Crippen LogP contribution in [0.25, 0.3) is 10.9 Å². The molecule has 0 radical (unpaired) electrons. The molecule has 0 bridgehead atoms. The third-order valence-electron chi connectivity index (χ3n) is 6.24. The van der Waals surface area contributed by atoms with Crippen LogP contribution in [0, 0.1) is 17.8 Å². The molecular formula is C30H27NO4. The van der Waals surface area contributed by atoms with Gasteiger partial charge in [0.05, 0.1) is 19.9 Å². The molecule has 35 heavy (non-hydrogen) atoms. The molecule has 0 saturated heterocycles. The number of hydrogen-bond donors (Lipinski definition) is 0. The van der Waals surface area contributed by atoms with Crippen LogP contribution in [-0.2, 0) is 26.1 Å². The van der Waals surface area contributed by atoms with Crippen LogP contribution in [0.3, 0.4) is 0 Å². The van der Waals surface area contributed by atoms with E-state index < -0.39 is 17.9 Å². The molecule has 1 atom stereocenters. The molecule has 1 aromatic heterocycles. The monoisotopic (exact) mass is 465 g/mol. The first kappa shape index (κ1) is 23.8. The van der Waals surface area contributed by atoms with Gasteiger partial charge in [0.25, 0.3) is 0 Å². The molecule has 1 heterocycles. The highest BCUT2D eigenvalue weighted by Crippen LogP contribution is 2.39. The van der Waals surface area contributed by atoms with Gasteiger partial charge in [0, 0.05) is 35.0 Å². The second-order valence-electron chi connectivity index (χ2n) is 8.25. The predicted molar refractivity (Wildman–Crippen MR) is 136 cm³/mol.